The third kappa shape index (κ3) is 10.3. The standard InChI is InChI=1S/C35H47ClF3N7O4S/c1-32(2,3)50-31(48)45-21-23(19-33(45,4)5)9-6-7-17-40-26-10-8-11-28(42-26)51-44-30(47)25-12-13-27(43-29(25)36)46-22-24(20-41-46)49-18-16-34(14-15-34)35(37,38)39/h8,10-13,22-23,41H,6-7,9,14-21H2,1-5H3,(H,40,42)(H,44,47). The number of hydrogen-bond donors (Lipinski definition) is 3. The fourth-order valence-corrected chi connectivity index (χ4v) is 7.12. The minimum Gasteiger partial charge on any atom is -0.495 e. The number of amides is 2. The Morgan fingerprint density at radius 1 is 1.12 bits per heavy atom. The fourth-order valence-electron chi connectivity index (χ4n) is 6.28. The normalized spacial score (nSPS) is 19.5. The smallest absolute Gasteiger partial charge is 0.410 e. The molecule has 0 radical (unpaired) electrons. The number of hydrogen-bond acceptors (Lipinski definition) is 10. The lowest BCUT2D eigenvalue weighted by Crippen LogP contribution is -2.45. The molecule has 0 spiro atoms. The molecule has 2 amide bonds. The molecule has 3 aliphatic rings. The van der Waals surface area contributed by atoms with Crippen LogP contribution in [-0.4, -0.2) is 70.4 Å². The SMILES string of the molecule is CC(C)(C)OC(=O)N1CC(CCCCNc2cccc(SNC(=O)c3ccc(N4C=C(OCCC5(C(F)(F)F)CC5)CN4)nc3Cl)n2)CC1(C)C. The highest BCUT2D eigenvalue weighted by atomic mass is 35.5. The van der Waals surface area contributed by atoms with Gasteiger partial charge in [-0.05, 0) is 103 Å². The average molecular weight is 754 g/mol. The number of ether oxygens (including phenoxy) is 2. The summed E-state index contributed by atoms with van der Waals surface area (Å²) in [5, 5.41) is 5.47. The first-order chi connectivity index (χ1) is 23.9. The van der Waals surface area contributed by atoms with E-state index in [2.05, 4.69) is 39.3 Å². The number of nitrogens with one attached hydrogen (secondary N) is 3. The number of aromatic nitrogens is 2. The molecule has 0 aromatic carbocycles. The minimum atomic E-state index is -4.21. The zero-order valence-corrected chi connectivity index (χ0v) is 31.2. The van der Waals surface area contributed by atoms with E-state index in [0.29, 0.717) is 34.9 Å². The molecule has 2 aromatic heterocycles. The third-order valence-electron chi connectivity index (χ3n) is 9.24. The van der Waals surface area contributed by atoms with Crippen molar-refractivity contribution in [3.63, 3.8) is 0 Å². The Balaban J connectivity index is 1.02. The second kappa shape index (κ2) is 15.7. The predicted molar refractivity (Wildman–Crippen MR) is 191 cm³/mol. The van der Waals surface area contributed by atoms with Gasteiger partial charge < -0.3 is 19.7 Å². The predicted octanol–water partition coefficient (Wildman–Crippen LogP) is 8.10. The Morgan fingerprint density at radius 2 is 1.88 bits per heavy atom. The van der Waals surface area contributed by atoms with Crippen molar-refractivity contribution in [2.24, 2.45) is 11.3 Å². The molecule has 11 nitrogen and oxygen atoms in total. The summed E-state index contributed by atoms with van der Waals surface area (Å²) in [5.74, 6) is 1.55. The first-order valence-electron chi connectivity index (χ1n) is 17.2. The number of carbonyl (C=O) groups is 2. The van der Waals surface area contributed by atoms with Crippen molar-refractivity contribution in [3.8, 4) is 0 Å². The van der Waals surface area contributed by atoms with Crippen molar-refractivity contribution in [1.82, 2.24) is 25.0 Å². The van der Waals surface area contributed by atoms with Gasteiger partial charge in [-0.2, -0.15) is 13.2 Å². The topological polar surface area (TPSA) is 121 Å². The molecule has 1 atom stereocenters. The summed E-state index contributed by atoms with van der Waals surface area (Å²) in [5.41, 5.74) is 0.841. The van der Waals surface area contributed by atoms with Crippen LogP contribution >= 0.6 is 23.5 Å². The summed E-state index contributed by atoms with van der Waals surface area (Å²) in [7, 11) is 0. The molecule has 4 heterocycles. The van der Waals surface area contributed by atoms with E-state index < -0.39 is 23.1 Å². The molecule has 1 saturated carbocycles. The molecule has 0 bridgehead atoms. The van der Waals surface area contributed by atoms with Gasteiger partial charge in [0.15, 0.2) is 0 Å². The largest absolute Gasteiger partial charge is 0.495 e. The summed E-state index contributed by atoms with van der Waals surface area (Å²) < 4.78 is 53.5. The van der Waals surface area contributed by atoms with Gasteiger partial charge in [0, 0.05) is 30.6 Å². The number of nitrogens with zero attached hydrogens (tertiary/aromatic N) is 4. The maximum atomic E-state index is 13.2. The van der Waals surface area contributed by atoms with Gasteiger partial charge in [0.1, 0.15) is 33.2 Å². The van der Waals surface area contributed by atoms with Gasteiger partial charge >= 0.3 is 12.3 Å². The van der Waals surface area contributed by atoms with E-state index in [1.807, 2.05) is 37.8 Å². The zero-order chi connectivity index (χ0) is 37.0. The van der Waals surface area contributed by atoms with Crippen LogP contribution in [0.3, 0.4) is 0 Å². The Kier molecular flexibility index (Phi) is 11.9. The van der Waals surface area contributed by atoms with Crippen LogP contribution in [0.15, 0.2) is 47.3 Å². The van der Waals surface area contributed by atoms with E-state index in [4.69, 9.17) is 21.1 Å². The van der Waals surface area contributed by atoms with E-state index in [-0.39, 0.29) is 54.8 Å². The molecule has 3 N–H and O–H groups in total. The van der Waals surface area contributed by atoms with Crippen molar-refractivity contribution in [3.05, 3.63) is 53.0 Å². The van der Waals surface area contributed by atoms with Gasteiger partial charge in [-0.15, -0.1) is 0 Å². The Labute approximate surface area is 306 Å². The Bertz CT molecular complexity index is 1600. The zero-order valence-electron chi connectivity index (χ0n) is 29.7. The van der Waals surface area contributed by atoms with Crippen LogP contribution in [0, 0.1) is 11.3 Å². The summed E-state index contributed by atoms with van der Waals surface area (Å²) in [6, 6.07) is 8.66. The van der Waals surface area contributed by atoms with Crippen molar-refractivity contribution < 1.29 is 32.2 Å². The van der Waals surface area contributed by atoms with E-state index in [1.54, 1.807) is 29.4 Å². The van der Waals surface area contributed by atoms with Gasteiger partial charge in [0.05, 0.1) is 30.3 Å². The third-order valence-corrected chi connectivity index (χ3v) is 10.2. The number of alkyl halides is 3. The number of likely N-dealkylation sites (tertiary alicyclic amines) is 1. The minimum absolute atomic E-state index is 0.0156. The van der Waals surface area contributed by atoms with Gasteiger partial charge in [0.2, 0.25) is 0 Å². The molecule has 1 unspecified atom stereocenters. The van der Waals surface area contributed by atoms with E-state index >= 15 is 0 Å². The number of pyridine rings is 2. The molecule has 5 rings (SSSR count). The molecule has 16 heteroatoms. The van der Waals surface area contributed by atoms with Crippen LogP contribution in [0.4, 0.5) is 29.6 Å². The van der Waals surface area contributed by atoms with Crippen molar-refractivity contribution in [1.29, 1.82) is 0 Å². The highest BCUT2D eigenvalue weighted by Crippen LogP contribution is 2.60. The van der Waals surface area contributed by atoms with Gasteiger partial charge in [-0.3, -0.25) is 14.5 Å². The first kappa shape index (κ1) is 38.8. The number of rotatable bonds is 14. The van der Waals surface area contributed by atoms with Crippen LogP contribution in [0.25, 0.3) is 0 Å². The van der Waals surface area contributed by atoms with Crippen molar-refractivity contribution in [2.45, 2.75) is 102 Å². The summed E-state index contributed by atoms with van der Waals surface area (Å²) in [4.78, 5) is 36.4. The maximum absolute atomic E-state index is 13.2. The molecule has 51 heavy (non-hydrogen) atoms. The summed E-state index contributed by atoms with van der Waals surface area (Å²) >= 11 is 7.43. The van der Waals surface area contributed by atoms with Gasteiger partial charge in [-0.25, -0.2) is 20.2 Å². The lowest BCUT2D eigenvalue weighted by molar-refractivity contribution is -0.191. The molecule has 2 aliphatic heterocycles. The van der Waals surface area contributed by atoms with Crippen LogP contribution in [0.2, 0.25) is 5.15 Å². The monoisotopic (exact) mass is 753 g/mol. The maximum Gasteiger partial charge on any atom is 0.410 e. The van der Waals surface area contributed by atoms with Crippen LogP contribution < -0.4 is 20.5 Å². The van der Waals surface area contributed by atoms with Crippen LogP contribution in [0.5, 0.6) is 0 Å². The van der Waals surface area contributed by atoms with Crippen molar-refractivity contribution in [2.75, 3.05) is 36.6 Å². The molecule has 280 valence electrons. The highest BCUT2D eigenvalue weighted by molar-refractivity contribution is 7.97. The lowest BCUT2D eigenvalue weighted by atomic mass is 9.93. The van der Waals surface area contributed by atoms with Crippen molar-refractivity contribution >= 4 is 47.2 Å². The molecular formula is C35H47ClF3N7O4S. The summed E-state index contributed by atoms with van der Waals surface area (Å²) in [6.07, 6.45) is 1.29. The van der Waals surface area contributed by atoms with E-state index in [0.717, 1.165) is 44.2 Å². The van der Waals surface area contributed by atoms with Crippen LogP contribution in [0.1, 0.15) is 89.9 Å². The molecule has 2 aromatic rings. The molecule has 1 aliphatic carbocycles. The second-order valence-corrected chi connectivity index (χ2v) is 16.2. The highest BCUT2D eigenvalue weighted by Gasteiger charge is 2.62. The Hall–Kier alpha value is -3.43. The second-order valence-electron chi connectivity index (χ2n) is 15.0. The quantitative estimate of drug-likeness (QED) is 0.0992. The van der Waals surface area contributed by atoms with Crippen LogP contribution in [-0.2, 0) is 9.47 Å². The average Bonchev–Trinajstić information content (AvgIpc) is 3.59. The lowest BCUT2D eigenvalue weighted by Gasteiger charge is -2.33. The molecule has 2 fully saturated rings. The van der Waals surface area contributed by atoms with Gasteiger partial charge in [0.25, 0.3) is 5.91 Å². The van der Waals surface area contributed by atoms with E-state index in [9.17, 15) is 22.8 Å². The van der Waals surface area contributed by atoms with Gasteiger partial charge in [-0.1, -0.05) is 24.1 Å². The molecular weight excluding hydrogens is 707 g/mol. The van der Waals surface area contributed by atoms with E-state index in [1.165, 1.54) is 0 Å². The number of carbonyl (C=O) groups excluding carboxylic acids is 2. The number of halogens is 4. The Morgan fingerprint density at radius 3 is 2.57 bits per heavy atom. The number of anilines is 2. The fraction of sp³-hybridized carbons (Fsp3) is 0.600. The number of hydrazine groups is 1. The first-order valence-corrected chi connectivity index (χ1v) is 18.4. The summed E-state index contributed by atoms with van der Waals surface area (Å²) in [6.45, 7) is 11.5. The number of unbranched alkanes of at least 4 members (excludes halogenated alkanes) is 1. The molecule has 1 saturated heterocycles.